The minimum atomic E-state index is -0.383. The summed E-state index contributed by atoms with van der Waals surface area (Å²) in [5.41, 5.74) is 0. The van der Waals surface area contributed by atoms with E-state index < -0.39 is 0 Å². The van der Waals surface area contributed by atoms with Crippen LogP contribution in [0.15, 0.2) is 12.3 Å². The number of ether oxygens (including phenoxy) is 1. The minimum absolute atomic E-state index is 0.258. The molecule has 0 aliphatic carbocycles. The summed E-state index contributed by atoms with van der Waals surface area (Å²) in [6.07, 6.45) is 3.44. The molecular formula is C8H14O3. The number of aliphatic hydroxyl groups is 1. The molecule has 0 aliphatic rings. The Morgan fingerprint density at radius 1 is 1.73 bits per heavy atom. The summed E-state index contributed by atoms with van der Waals surface area (Å²) in [6.45, 7) is 3.40. The maximum Gasteiger partial charge on any atom is 0.310 e. The summed E-state index contributed by atoms with van der Waals surface area (Å²) in [5.74, 6) is -0.258. The lowest BCUT2D eigenvalue weighted by molar-refractivity contribution is -0.137. The Bertz CT molecular complexity index is 138. The molecule has 0 radical (unpaired) electrons. The molecule has 3 heteroatoms. The second-order valence-electron chi connectivity index (χ2n) is 2.30. The molecule has 11 heavy (non-hydrogen) atoms. The lowest BCUT2D eigenvalue weighted by Crippen LogP contribution is -1.98. The first-order chi connectivity index (χ1) is 5.16. The Morgan fingerprint density at radius 3 is 2.82 bits per heavy atom. The molecular weight excluding hydrogens is 144 g/mol. The van der Waals surface area contributed by atoms with Gasteiger partial charge in [-0.05, 0) is 19.4 Å². The van der Waals surface area contributed by atoms with Crippen LogP contribution in [0.5, 0.6) is 0 Å². The molecule has 0 aliphatic heterocycles. The zero-order valence-corrected chi connectivity index (χ0v) is 6.91. The first kappa shape index (κ1) is 10.2. The fourth-order valence-electron chi connectivity index (χ4n) is 0.460. The van der Waals surface area contributed by atoms with Crippen molar-refractivity contribution in [3.05, 3.63) is 12.3 Å². The molecule has 0 aromatic carbocycles. The van der Waals surface area contributed by atoms with E-state index in [4.69, 9.17) is 5.11 Å². The van der Waals surface area contributed by atoms with Crippen LogP contribution in [-0.4, -0.2) is 17.2 Å². The van der Waals surface area contributed by atoms with E-state index in [0.29, 0.717) is 12.8 Å². The molecule has 1 N–H and O–H groups in total. The van der Waals surface area contributed by atoms with Gasteiger partial charge in [-0.1, -0.05) is 6.92 Å². The summed E-state index contributed by atoms with van der Waals surface area (Å²) in [7, 11) is 0. The van der Waals surface area contributed by atoms with Gasteiger partial charge in [0.2, 0.25) is 0 Å². The quantitative estimate of drug-likeness (QED) is 0.494. The van der Waals surface area contributed by atoms with Crippen molar-refractivity contribution in [2.45, 2.75) is 32.8 Å². The van der Waals surface area contributed by atoms with Crippen LogP contribution in [0.3, 0.4) is 0 Å². The third-order valence-electron chi connectivity index (χ3n) is 1.06. The van der Waals surface area contributed by atoms with Gasteiger partial charge < -0.3 is 9.84 Å². The van der Waals surface area contributed by atoms with Crippen molar-refractivity contribution in [2.75, 3.05) is 0 Å². The fourth-order valence-corrected chi connectivity index (χ4v) is 0.460. The number of esters is 1. The van der Waals surface area contributed by atoms with Crippen molar-refractivity contribution in [3.63, 3.8) is 0 Å². The van der Waals surface area contributed by atoms with Crippen LogP contribution in [-0.2, 0) is 9.53 Å². The normalized spacial score (nSPS) is 13.4. The van der Waals surface area contributed by atoms with Crippen LogP contribution in [0.2, 0.25) is 0 Å². The van der Waals surface area contributed by atoms with Gasteiger partial charge in [-0.3, -0.25) is 4.79 Å². The molecule has 0 spiro atoms. The van der Waals surface area contributed by atoms with E-state index in [1.807, 2.05) is 0 Å². The molecule has 0 bridgehead atoms. The molecule has 3 nitrogen and oxygen atoms in total. The molecule has 0 unspecified atom stereocenters. The van der Waals surface area contributed by atoms with E-state index in [1.54, 1.807) is 19.9 Å². The van der Waals surface area contributed by atoms with Gasteiger partial charge in [-0.2, -0.15) is 0 Å². The maximum absolute atomic E-state index is 10.5. The Kier molecular flexibility index (Phi) is 5.47. The monoisotopic (exact) mass is 158 g/mol. The Morgan fingerprint density at radius 2 is 2.36 bits per heavy atom. The lowest BCUT2D eigenvalue weighted by atomic mass is 10.3. The second-order valence-corrected chi connectivity index (χ2v) is 2.30. The highest BCUT2D eigenvalue weighted by molar-refractivity contribution is 5.69. The number of carbonyl (C=O) groups excluding carboxylic acids is 1. The Labute approximate surface area is 66.7 Å². The second kappa shape index (κ2) is 5.92. The number of rotatable bonds is 4. The fraction of sp³-hybridized carbons (Fsp3) is 0.625. The van der Waals surface area contributed by atoms with Crippen molar-refractivity contribution >= 4 is 5.97 Å². The average molecular weight is 158 g/mol. The average Bonchev–Trinajstić information content (AvgIpc) is 1.97. The van der Waals surface area contributed by atoms with Crippen LogP contribution in [0.1, 0.15) is 26.7 Å². The van der Waals surface area contributed by atoms with Crippen molar-refractivity contribution in [1.29, 1.82) is 0 Å². The first-order valence-corrected chi connectivity index (χ1v) is 3.69. The number of hydrogen-bond donors (Lipinski definition) is 1. The van der Waals surface area contributed by atoms with Crippen molar-refractivity contribution < 1.29 is 14.6 Å². The van der Waals surface area contributed by atoms with Crippen molar-refractivity contribution in [3.8, 4) is 0 Å². The van der Waals surface area contributed by atoms with E-state index in [-0.39, 0.29) is 12.1 Å². The van der Waals surface area contributed by atoms with Crippen LogP contribution >= 0.6 is 0 Å². The predicted octanol–water partition coefficient (Wildman–Crippen LogP) is 1.22. The molecule has 0 amide bonds. The third kappa shape index (κ3) is 7.06. The minimum Gasteiger partial charge on any atom is -0.435 e. The van der Waals surface area contributed by atoms with Gasteiger partial charge in [-0.15, -0.1) is 0 Å². The molecule has 0 heterocycles. The lowest BCUT2D eigenvalue weighted by Gasteiger charge is -1.96. The molecule has 0 rings (SSSR count). The number of carbonyl (C=O) groups is 1. The van der Waals surface area contributed by atoms with E-state index >= 15 is 0 Å². The SMILES string of the molecule is CCC(=O)O/C=C/C[C@@H](C)O. The number of hydrogen-bond acceptors (Lipinski definition) is 3. The van der Waals surface area contributed by atoms with E-state index in [2.05, 4.69) is 4.74 Å². The molecule has 64 valence electrons. The van der Waals surface area contributed by atoms with Gasteiger partial charge in [0.15, 0.2) is 0 Å². The summed E-state index contributed by atoms with van der Waals surface area (Å²) < 4.78 is 4.61. The summed E-state index contributed by atoms with van der Waals surface area (Å²) in [6, 6.07) is 0. The molecule has 0 saturated heterocycles. The van der Waals surface area contributed by atoms with Gasteiger partial charge in [0, 0.05) is 6.42 Å². The number of aliphatic hydroxyl groups excluding tert-OH is 1. The van der Waals surface area contributed by atoms with Gasteiger partial charge in [-0.25, -0.2) is 0 Å². The smallest absolute Gasteiger partial charge is 0.310 e. The van der Waals surface area contributed by atoms with Crippen LogP contribution in [0, 0.1) is 0 Å². The van der Waals surface area contributed by atoms with Gasteiger partial charge in [0.05, 0.1) is 12.4 Å². The molecule has 0 aromatic rings. The molecule has 0 fully saturated rings. The van der Waals surface area contributed by atoms with E-state index in [9.17, 15) is 4.79 Å². The van der Waals surface area contributed by atoms with Crippen molar-refractivity contribution in [1.82, 2.24) is 0 Å². The summed E-state index contributed by atoms with van der Waals surface area (Å²) >= 11 is 0. The molecule has 0 aromatic heterocycles. The highest BCUT2D eigenvalue weighted by atomic mass is 16.5. The van der Waals surface area contributed by atoms with Gasteiger partial charge in [0.1, 0.15) is 0 Å². The third-order valence-corrected chi connectivity index (χ3v) is 1.06. The first-order valence-electron chi connectivity index (χ1n) is 3.69. The van der Waals surface area contributed by atoms with Crippen LogP contribution in [0.25, 0.3) is 0 Å². The summed E-state index contributed by atoms with van der Waals surface area (Å²) in [5, 5.41) is 8.78. The highest BCUT2D eigenvalue weighted by Gasteiger charge is 1.93. The zero-order chi connectivity index (χ0) is 8.69. The van der Waals surface area contributed by atoms with E-state index in [1.165, 1.54) is 6.26 Å². The van der Waals surface area contributed by atoms with Crippen LogP contribution in [0.4, 0.5) is 0 Å². The molecule has 0 saturated carbocycles. The summed E-state index contributed by atoms with van der Waals surface area (Å²) in [4.78, 5) is 10.5. The maximum atomic E-state index is 10.5. The predicted molar refractivity (Wildman–Crippen MR) is 41.8 cm³/mol. The van der Waals surface area contributed by atoms with Gasteiger partial charge in [0.25, 0.3) is 0 Å². The zero-order valence-electron chi connectivity index (χ0n) is 6.91. The van der Waals surface area contributed by atoms with Crippen LogP contribution < -0.4 is 0 Å². The highest BCUT2D eigenvalue weighted by Crippen LogP contribution is 1.92. The molecule has 1 atom stereocenters. The Balaban J connectivity index is 3.37. The van der Waals surface area contributed by atoms with Gasteiger partial charge >= 0.3 is 5.97 Å². The van der Waals surface area contributed by atoms with E-state index in [0.717, 1.165) is 0 Å². The largest absolute Gasteiger partial charge is 0.435 e. The topological polar surface area (TPSA) is 46.5 Å². The standard InChI is InChI=1S/C8H14O3/c1-3-8(10)11-6-4-5-7(2)9/h4,6-7,9H,3,5H2,1-2H3/b6-4+/t7-/m1/s1. The van der Waals surface area contributed by atoms with Crippen molar-refractivity contribution in [2.24, 2.45) is 0 Å². The Hall–Kier alpha value is -0.830.